The minimum absolute atomic E-state index is 0.0119. The van der Waals surface area contributed by atoms with Gasteiger partial charge in [0.1, 0.15) is 11.3 Å². The number of aromatic hydroxyl groups is 1. The second-order valence-electron chi connectivity index (χ2n) is 5.35. The predicted octanol–water partition coefficient (Wildman–Crippen LogP) is 3.04. The average Bonchev–Trinajstić information content (AvgIpc) is 3.12. The maximum atomic E-state index is 12.6. The van der Waals surface area contributed by atoms with Gasteiger partial charge in [-0.15, -0.1) is 0 Å². The number of rotatable bonds is 6. The molecule has 0 bridgehead atoms. The van der Waals surface area contributed by atoms with Crippen molar-refractivity contribution in [2.45, 2.75) is 0 Å². The van der Waals surface area contributed by atoms with Crippen LogP contribution in [0.3, 0.4) is 0 Å². The second kappa shape index (κ2) is 7.26. The monoisotopic (exact) mass is 358 g/mol. The lowest BCUT2D eigenvalue weighted by atomic mass is 10.0. The van der Waals surface area contributed by atoms with Crippen LogP contribution in [0.15, 0.2) is 30.3 Å². The van der Waals surface area contributed by atoms with Gasteiger partial charge < -0.3 is 28.8 Å². The number of methoxy groups -OCH3 is 3. The first-order chi connectivity index (χ1) is 12.6. The van der Waals surface area contributed by atoms with Crippen molar-refractivity contribution in [2.75, 3.05) is 28.1 Å². The van der Waals surface area contributed by atoms with Gasteiger partial charge in [0.05, 0.1) is 21.3 Å². The molecule has 0 radical (unpaired) electrons. The van der Waals surface area contributed by atoms with E-state index in [2.05, 4.69) is 0 Å². The summed E-state index contributed by atoms with van der Waals surface area (Å²) < 4.78 is 26.1. The number of benzene rings is 2. The summed E-state index contributed by atoms with van der Waals surface area (Å²) in [6, 6.07) is 6.81. The summed E-state index contributed by atoms with van der Waals surface area (Å²) in [5, 5.41) is 10.4. The van der Waals surface area contributed by atoms with Crippen LogP contribution in [0, 0.1) is 0 Å². The first-order valence-electron chi connectivity index (χ1n) is 7.73. The van der Waals surface area contributed by atoms with Crippen molar-refractivity contribution in [2.24, 2.45) is 0 Å². The largest absolute Gasteiger partial charge is 0.504 e. The lowest BCUT2D eigenvalue weighted by molar-refractivity contribution is 0.104. The number of fused-ring (bicyclic) bond motifs is 1. The molecule has 0 saturated heterocycles. The highest BCUT2D eigenvalue weighted by Crippen LogP contribution is 2.44. The van der Waals surface area contributed by atoms with Crippen molar-refractivity contribution in [3.63, 3.8) is 0 Å². The van der Waals surface area contributed by atoms with Gasteiger partial charge in [0.15, 0.2) is 28.8 Å². The molecule has 136 valence electrons. The van der Waals surface area contributed by atoms with Crippen molar-refractivity contribution < 1.29 is 33.6 Å². The number of ether oxygens (including phenoxy) is 5. The first-order valence-corrected chi connectivity index (χ1v) is 7.73. The highest BCUT2D eigenvalue weighted by molar-refractivity contribution is 6.11. The van der Waals surface area contributed by atoms with E-state index >= 15 is 0 Å². The normalized spacial score (nSPS) is 12.3. The summed E-state index contributed by atoms with van der Waals surface area (Å²) in [5.74, 6) is 0.993. The quantitative estimate of drug-likeness (QED) is 0.628. The first kappa shape index (κ1) is 17.5. The summed E-state index contributed by atoms with van der Waals surface area (Å²) in [7, 11) is 4.21. The average molecular weight is 358 g/mol. The van der Waals surface area contributed by atoms with E-state index in [-0.39, 0.29) is 35.4 Å². The van der Waals surface area contributed by atoms with Crippen molar-refractivity contribution in [1.29, 1.82) is 0 Å². The van der Waals surface area contributed by atoms with Gasteiger partial charge in [-0.2, -0.15) is 0 Å². The van der Waals surface area contributed by atoms with E-state index in [1.54, 1.807) is 24.3 Å². The van der Waals surface area contributed by atoms with E-state index in [1.165, 1.54) is 33.5 Å². The molecule has 2 aromatic carbocycles. The lowest BCUT2D eigenvalue weighted by Crippen LogP contribution is -2.03. The van der Waals surface area contributed by atoms with E-state index in [9.17, 15) is 9.90 Å². The molecular formula is C19H18O7. The Morgan fingerprint density at radius 3 is 2.46 bits per heavy atom. The fraction of sp³-hybridized carbons (Fsp3) is 0.211. The Kier molecular flexibility index (Phi) is 4.88. The molecule has 0 saturated carbocycles. The Balaban J connectivity index is 1.94. The van der Waals surface area contributed by atoms with E-state index in [0.717, 1.165) is 5.56 Å². The highest BCUT2D eigenvalue weighted by atomic mass is 16.7. The Morgan fingerprint density at radius 1 is 1.04 bits per heavy atom. The molecule has 0 aliphatic carbocycles. The molecule has 1 N–H and O–H groups in total. The van der Waals surface area contributed by atoms with Crippen LogP contribution in [0.5, 0.6) is 34.5 Å². The molecule has 0 unspecified atom stereocenters. The maximum Gasteiger partial charge on any atom is 0.231 e. The van der Waals surface area contributed by atoms with Crippen LogP contribution in [-0.4, -0.2) is 39.0 Å². The van der Waals surface area contributed by atoms with Crippen LogP contribution in [-0.2, 0) is 0 Å². The summed E-state index contributed by atoms with van der Waals surface area (Å²) in [4.78, 5) is 12.6. The van der Waals surface area contributed by atoms with Crippen molar-refractivity contribution in [3.8, 4) is 34.5 Å². The van der Waals surface area contributed by atoms with Crippen molar-refractivity contribution >= 4 is 11.9 Å². The van der Waals surface area contributed by atoms with E-state index in [4.69, 9.17) is 23.7 Å². The number of hydrogen-bond donors (Lipinski definition) is 1. The molecule has 1 heterocycles. The van der Waals surface area contributed by atoms with Gasteiger partial charge in [-0.1, -0.05) is 12.1 Å². The SMILES string of the molecule is COc1cc(OC)c(C(=O)C=Cc2ccc3c(c2)OCO3)c(O)c1OC. The van der Waals surface area contributed by atoms with Gasteiger partial charge in [0.25, 0.3) is 0 Å². The van der Waals surface area contributed by atoms with Gasteiger partial charge in [-0.05, 0) is 23.8 Å². The zero-order chi connectivity index (χ0) is 18.7. The van der Waals surface area contributed by atoms with Gasteiger partial charge >= 0.3 is 0 Å². The van der Waals surface area contributed by atoms with E-state index < -0.39 is 5.78 Å². The molecule has 1 aliphatic rings. The van der Waals surface area contributed by atoms with Gasteiger partial charge in [0, 0.05) is 6.07 Å². The van der Waals surface area contributed by atoms with E-state index in [1.807, 2.05) is 0 Å². The third-order valence-corrected chi connectivity index (χ3v) is 3.90. The minimum atomic E-state index is -0.446. The molecule has 7 heteroatoms. The van der Waals surface area contributed by atoms with Gasteiger partial charge in [0.2, 0.25) is 12.5 Å². The Hall–Kier alpha value is -3.35. The number of allylic oxidation sites excluding steroid dienone is 1. The standard InChI is InChI=1S/C19H18O7/c1-22-15-9-16(23-2)19(24-3)18(21)17(15)12(20)6-4-11-5-7-13-14(8-11)26-10-25-13/h4-9,21H,10H2,1-3H3. The second-order valence-corrected chi connectivity index (χ2v) is 5.35. The summed E-state index contributed by atoms with van der Waals surface area (Å²) in [6.07, 6.45) is 2.95. The molecule has 2 aromatic rings. The topological polar surface area (TPSA) is 83.5 Å². The molecule has 1 aliphatic heterocycles. The summed E-state index contributed by atoms with van der Waals surface area (Å²) >= 11 is 0. The zero-order valence-electron chi connectivity index (χ0n) is 14.6. The molecule has 0 fully saturated rings. The fourth-order valence-corrected chi connectivity index (χ4v) is 2.62. The Morgan fingerprint density at radius 2 is 1.77 bits per heavy atom. The molecule has 26 heavy (non-hydrogen) atoms. The maximum absolute atomic E-state index is 12.6. The molecule has 0 spiro atoms. The zero-order valence-corrected chi connectivity index (χ0v) is 14.6. The van der Waals surface area contributed by atoms with Crippen LogP contribution in [0.4, 0.5) is 0 Å². The Labute approximate surface area is 150 Å². The number of ketones is 1. The number of phenols is 1. The lowest BCUT2D eigenvalue weighted by Gasteiger charge is -2.15. The molecular weight excluding hydrogens is 340 g/mol. The summed E-state index contributed by atoms with van der Waals surface area (Å²) in [5.41, 5.74) is 0.740. The van der Waals surface area contributed by atoms with Crippen LogP contribution in [0.2, 0.25) is 0 Å². The summed E-state index contributed by atoms with van der Waals surface area (Å²) in [6.45, 7) is 0.179. The minimum Gasteiger partial charge on any atom is -0.504 e. The fourth-order valence-electron chi connectivity index (χ4n) is 2.62. The van der Waals surface area contributed by atoms with Crippen molar-refractivity contribution in [3.05, 3.63) is 41.5 Å². The van der Waals surface area contributed by atoms with Gasteiger partial charge in [-0.3, -0.25) is 4.79 Å². The van der Waals surface area contributed by atoms with Crippen molar-refractivity contribution in [1.82, 2.24) is 0 Å². The number of carbonyl (C=O) groups is 1. The smallest absolute Gasteiger partial charge is 0.231 e. The number of carbonyl (C=O) groups excluding carboxylic acids is 1. The molecule has 7 nitrogen and oxygen atoms in total. The third-order valence-electron chi connectivity index (χ3n) is 3.90. The Bertz CT molecular complexity index is 871. The van der Waals surface area contributed by atoms with E-state index in [0.29, 0.717) is 11.5 Å². The molecule has 0 aromatic heterocycles. The molecule has 3 rings (SSSR count). The van der Waals surface area contributed by atoms with Crippen LogP contribution in [0.1, 0.15) is 15.9 Å². The third kappa shape index (κ3) is 3.11. The number of phenolic OH excluding ortho intramolecular Hbond substituents is 1. The van der Waals surface area contributed by atoms with Crippen LogP contribution >= 0.6 is 0 Å². The van der Waals surface area contributed by atoms with Crippen LogP contribution in [0.25, 0.3) is 6.08 Å². The molecule has 0 amide bonds. The number of hydrogen-bond acceptors (Lipinski definition) is 7. The molecule has 0 atom stereocenters. The highest BCUT2D eigenvalue weighted by Gasteiger charge is 2.23. The van der Waals surface area contributed by atoms with Crippen LogP contribution < -0.4 is 23.7 Å². The van der Waals surface area contributed by atoms with Gasteiger partial charge in [-0.25, -0.2) is 0 Å². The predicted molar refractivity (Wildman–Crippen MR) is 93.7 cm³/mol.